The molecule has 1 heterocycles. The molecular weight excluding hydrogens is 344 g/mol. The molecule has 0 amide bonds. The lowest BCUT2D eigenvalue weighted by molar-refractivity contribution is 1.17. The molecule has 0 aliphatic carbocycles. The third-order valence-electron chi connectivity index (χ3n) is 1.06. The van der Waals surface area contributed by atoms with Gasteiger partial charge < -0.3 is 0 Å². The first-order valence-corrected chi connectivity index (χ1v) is 6.02. The van der Waals surface area contributed by atoms with Crippen molar-refractivity contribution in [3.8, 4) is 0 Å². The van der Waals surface area contributed by atoms with Crippen molar-refractivity contribution in [2.24, 2.45) is 0 Å². The van der Waals surface area contributed by atoms with Crippen molar-refractivity contribution in [2.75, 3.05) is 0 Å². The fraction of sp³-hybridized carbons (Fsp3) is 0.333. The van der Waals surface area contributed by atoms with Gasteiger partial charge in [0.25, 0.3) is 0 Å². The van der Waals surface area contributed by atoms with Gasteiger partial charge in [-0.3, -0.25) is 0 Å². The zero-order valence-electron chi connectivity index (χ0n) is 5.20. The molecule has 1 rings (SSSR count). The smallest absolute Gasteiger partial charge is 0.0843 e. The first-order chi connectivity index (χ1) is 4.61. The molecule has 0 fully saturated rings. The molecule has 0 saturated heterocycles. The molecule has 0 aromatic carbocycles. The molecule has 56 valence electrons. The highest BCUT2D eigenvalue weighted by Crippen LogP contribution is 2.37. The summed E-state index contributed by atoms with van der Waals surface area (Å²) in [4.78, 5) is 1.78. The molecule has 0 aliphatic rings. The predicted molar refractivity (Wildman–Crippen MR) is 57.1 cm³/mol. The van der Waals surface area contributed by atoms with Crippen molar-refractivity contribution in [3.63, 3.8) is 0 Å². The summed E-state index contributed by atoms with van der Waals surface area (Å²) in [5.41, 5.74) is 0. The Balaban J connectivity index is 2.98. The van der Waals surface area contributed by atoms with Crippen LogP contribution in [0, 0.1) is 0 Å². The first kappa shape index (κ1) is 9.23. The molecule has 1 unspecified atom stereocenters. The summed E-state index contributed by atoms with van der Waals surface area (Å²) in [6.45, 7) is 2.12. The molecule has 1 atom stereocenters. The van der Waals surface area contributed by atoms with Gasteiger partial charge in [-0.15, -0.1) is 11.3 Å². The van der Waals surface area contributed by atoms with E-state index in [1.165, 1.54) is 4.88 Å². The summed E-state index contributed by atoms with van der Waals surface area (Å²) < 4.78 is 2.30. The fourth-order valence-electron chi connectivity index (χ4n) is 0.559. The molecule has 0 N–H and O–H groups in total. The summed E-state index contributed by atoms with van der Waals surface area (Å²) >= 11 is 12.1. The van der Waals surface area contributed by atoms with Crippen molar-refractivity contribution in [2.45, 2.75) is 11.8 Å². The highest BCUT2D eigenvalue weighted by Gasteiger charge is 2.07. The molecule has 0 radical (unpaired) electrons. The van der Waals surface area contributed by atoms with Gasteiger partial charge in [-0.05, 0) is 44.8 Å². The van der Waals surface area contributed by atoms with Crippen LogP contribution in [-0.2, 0) is 0 Å². The van der Waals surface area contributed by atoms with E-state index in [0.717, 1.165) is 8.26 Å². The SMILES string of the molecule is CC(Br)c1cc(Br)c(Br)s1. The van der Waals surface area contributed by atoms with Crippen LogP contribution in [0.3, 0.4) is 0 Å². The Kier molecular flexibility index (Phi) is 3.41. The predicted octanol–water partition coefficient (Wildman–Crippen LogP) is 4.73. The van der Waals surface area contributed by atoms with E-state index < -0.39 is 0 Å². The van der Waals surface area contributed by atoms with Gasteiger partial charge >= 0.3 is 0 Å². The van der Waals surface area contributed by atoms with Crippen LogP contribution in [0.4, 0.5) is 0 Å². The Labute approximate surface area is 89.4 Å². The number of thiophene rings is 1. The van der Waals surface area contributed by atoms with Crippen LogP contribution in [0.2, 0.25) is 0 Å². The average molecular weight is 349 g/mol. The topological polar surface area (TPSA) is 0 Å². The summed E-state index contributed by atoms with van der Waals surface area (Å²) in [5.74, 6) is 0. The normalized spacial score (nSPS) is 13.6. The second-order valence-corrected chi connectivity index (χ2v) is 6.52. The third-order valence-corrected chi connectivity index (χ3v) is 5.29. The van der Waals surface area contributed by atoms with Crippen molar-refractivity contribution < 1.29 is 0 Å². The highest BCUT2D eigenvalue weighted by atomic mass is 79.9. The molecule has 1 aromatic heterocycles. The molecule has 0 saturated carbocycles. The Morgan fingerprint density at radius 2 is 2.10 bits per heavy atom. The maximum atomic E-state index is 3.50. The van der Waals surface area contributed by atoms with Gasteiger partial charge in [0.2, 0.25) is 0 Å². The minimum atomic E-state index is 0.445. The van der Waals surface area contributed by atoms with E-state index in [1.54, 1.807) is 11.3 Å². The first-order valence-electron chi connectivity index (χ1n) is 2.70. The van der Waals surface area contributed by atoms with Crippen molar-refractivity contribution in [3.05, 3.63) is 19.2 Å². The molecular formula is C6H5Br3S. The maximum Gasteiger partial charge on any atom is 0.0843 e. The Bertz CT molecular complexity index is 209. The number of alkyl halides is 1. The molecule has 1 aromatic rings. The molecule has 0 spiro atoms. The summed E-state index contributed by atoms with van der Waals surface area (Å²) in [5, 5.41) is 0. The number of rotatable bonds is 1. The van der Waals surface area contributed by atoms with Crippen molar-refractivity contribution in [1.29, 1.82) is 0 Å². The lowest BCUT2D eigenvalue weighted by atomic mass is 10.4. The lowest BCUT2D eigenvalue weighted by Gasteiger charge is -1.93. The van der Waals surface area contributed by atoms with Gasteiger partial charge in [-0.2, -0.15) is 0 Å². The third kappa shape index (κ3) is 2.06. The highest BCUT2D eigenvalue weighted by molar-refractivity contribution is 9.13. The van der Waals surface area contributed by atoms with E-state index >= 15 is 0 Å². The summed E-state index contributed by atoms with van der Waals surface area (Å²) in [7, 11) is 0. The fourth-order valence-corrected chi connectivity index (χ4v) is 2.99. The van der Waals surface area contributed by atoms with Crippen molar-refractivity contribution >= 4 is 59.1 Å². The Hall–Kier alpha value is 1.14. The quantitative estimate of drug-likeness (QED) is 0.644. The molecule has 10 heavy (non-hydrogen) atoms. The summed E-state index contributed by atoms with van der Waals surface area (Å²) in [6.07, 6.45) is 0. The van der Waals surface area contributed by atoms with E-state index in [0.29, 0.717) is 4.83 Å². The van der Waals surface area contributed by atoms with Gasteiger partial charge in [0.1, 0.15) is 0 Å². The van der Waals surface area contributed by atoms with E-state index in [-0.39, 0.29) is 0 Å². The van der Waals surface area contributed by atoms with E-state index in [2.05, 4.69) is 60.8 Å². The summed E-state index contributed by atoms with van der Waals surface area (Å²) in [6, 6.07) is 2.12. The average Bonchev–Trinajstić information content (AvgIpc) is 2.13. The largest absolute Gasteiger partial charge is 0.131 e. The van der Waals surface area contributed by atoms with Crippen LogP contribution in [0.25, 0.3) is 0 Å². The van der Waals surface area contributed by atoms with Crippen LogP contribution in [0.15, 0.2) is 14.3 Å². The van der Waals surface area contributed by atoms with Gasteiger partial charge in [-0.25, -0.2) is 0 Å². The number of hydrogen-bond donors (Lipinski definition) is 0. The maximum absolute atomic E-state index is 3.50. The lowest BCUT2D eigenvalue weighted by Crippen LogP contribution is -1.72. The zero-order valence-corrected chi connectivity index (χ0v) is 10.8. The standard InChI is InChI=1S/C6H5Br3S/c1-3(7)5-2-4(8)6(9)10-5/h2-3H,1H3. The van der Waals surface area contributed by atoms with Crippen molar-refractivity contribution in [1.82, 2.24) is 0 Å². The Morgan fingerprint density at radius 1 is 1.50 bits per heavy atom. The second-order valence-electron chi connectivity index (χ2n) is 1.89. The van der Waals surface area contributed by atoms with Crippen LogP contribution in [0.5, 0.6) is 0 Å². The number of hydrogen-bond acceptors (Lipinski definition) is 1. The minimum Gasteiger partial charge on any atom is -0.131 e. The molecule has 0 bridgehead atoms. The van der Waals surface area contributed by atoms with E-state index in [1.807, 2.05) is 0 Å². The van der Waals surface area contributed by atoms with Gasteiger partial charge in [0.05, 0.1) is 3.79 Å². The second kappa shape index (κ2) is 3.70. The molecule has 0 aliphatic heterocycles. The van der Waals surface area contributed by atoms with Crippen LogP contribution < -0.4 is 0 Å². The van der Waals surface area contributed by atoms with Crippen LogP contribution in [0.1, 0.15) is 16.6 Å². The van der Waals surface area contributed by atoms with E-state index in [9.17, 15) is 0 Å². The minimum absolute atomic E-state index is 0.445. The Morgan fingerprint density at radius 3 is 2.30 bits per heavy atom. The zero-order chi connectivity index (χ0) is 7.72. The van der Waals surface area contributed by atoms with Gasteiger partial charge in [0, 0.05) is 14.2 Å². The van der Waals surface area contributed by atoms with Gasteiger partial charge in [-0.1, -0.05) is 15.9 Å². The molecule has 4 heteroatoms. The van der Waals surface area contributed by atoms with E-state index in [4.69, 9.17) is 0 Å². The van der Waals surface area contributed by atoms with Gasteiger partial charge in [0.15, 0.2) is 0 Å². The molecule has 0 nitrogen and oxygen atoms in total. The number of halogens is 3. The van der Waals surface area contributed by atoms with Crippen LogP contribution in [-0.4, -0.2) is 0 Å². The van der Waals surface area contributed by atoms with Crippen LogP contribution >= 0.6 is 59.1 Å². The monoisotopic (exact) mass is 346 g/mol.